The molecule has 0 saturated heterocycles. The molecule has 0 bridgehead atoms. The molecular weight excluding hydrogens is 398 g/mol. The fourth-order valence-electron chi connectivity index (χ4n) is 3.18. The van der Waals surface area contributed by atoms with Gasteiger partial charge in [0.1, 0.15) is 16.8 Å². The number of benzene rings is 2. The molecule has 30 heavy (non-hydrogen) atoms. The fraction of sp³-hybridized carbons (Fsp3) is 0.304. The Bertz CT molecular complexity index is 1120. The van der Waals surface area contributed by atoms with Crippen LogP contribution in [0.4, 0.5) is 0 Å². The SMILES string of the molecule is Cc1cc([C@H](C)CC(=O)O)ccc1-c1nsc(-c2ccc(OC(C)C)c(C#N)c2)n1. The average Bonchev–Trinajstić information content (AvgIpc) is 3.17. The van der Waals surface area contributed by atoms with Gasteiger partial charge in [-0.25, -0.2) is 4.98 Å². The molecule has 2 aromatic carbocycles. The van der Waals surface area contributed by atoms with E-state index in [2.05, 4.69) is 15.4 Å². The second-order valence-corrected chi connectivity index (χ2v) is 8.24. The molecule has 154 valence electrons. The summed E-state index contributed by atoms with van der Waals surface area (Å²) in [5, 5.41) is 19.2. The normalized spacial score (nSPS) is 11.9. The predicted molar refractivity (Wildman–Crippen MR) is 117 cm³/mol. The third kappa shape index (κ3) is 4.84. The summed E-state index contributed by atoms with van der Waals surface area (Å²) in [6.45, 7) is 7.71. The summed E-state index contributed by atoms with van der Waals surface area (Å²) in [6.07, 6.45) is 0.0792. The molecule has 0 fully saturated rings. The van der Waals surface area contributed by atoms with Crippen LogP contribution in [0.1, 0.15) is 49.8 Å². The van der Waals surface area contributed by atoms with Gasteiger partial charge in [0.25, 0.3) is 0 Å². The van der Waals surface area contributed by atoms with Crippen LogP contribution in [-0.2, 0) is 4.79 Å². The molecule has 0 amide bonds. The van der Waals surface area contributed by atoms with E-state index in [1.807, 2.05) is 52.0 Å². The van der Waals surface area contributed by atoms with Crippen LogP contribution < -0.4 is 4.74 Å². The lowest BCUT2D eigenvalue weighted by molar-refractivity contribution is -0.137. The third-order valence-corrected chi connectivity index (χ3v) is 5.44. The van der Waals surface area contributed by atoms with E-state index in [0.717, 1.165) is 27.3 Å². The van der Waals surface area contributed by atoms with Crippen molar-refractivity contribution in [2.24, 2.45) is 0 Å². The minimum Gasteiger partial charge on any atom is -0.490 e. The zero-order valence-corrected chi connectivity index (χ0v) is 18.2. The third-order valence-electron chi connectivity index (χ3n) is 4.68. The number of rotatable bonds is 7. The molecule has 0 aliphatic rings. The molecule has 3 rings (SSSR count). The Kier molecular flexibility index (Phi) is 6.48. The van der Waals surface area contributed by atoms with Crippen molar-refractivity contribution in [1.82, 2.24) is 9.36 Å². The molecule has 0 aliphatic heterocycles. The van der Waals surface area contributed by atoms with Crippen LogP contribution in [-0.4, -0.2) is 26.5 Å². The molecule has 1 N–H and O–H groups in total. The van der Waals surface area contributed by atoms with Crippen LogP contribution in [0, 0.1) is 18.3 Å². The van der Waals surface area contributed by atoms with E-state index in [-0.39, 0.29) is 18.4 Å². The number of nitriles is 1. The van der Waals surface area contributed by atoms with E-state index in [4.69, 9.17) is 9.84 Å². The number of carbonyl (C=O) groups is 1. The van der Waals surface area contributed by atoms with E-state index in [9.17, 15) is 10.1 Å². The molecule has 1 aromatic heterocycles. The van der Waals surface area contributed by atoms with E-state index in [1.165, 1.54) is 11.5 Å². The Labute approximate surface area is 180 Å². The number of aryl methyl sites for hydroxylation is 1. The molecule has 1 atom stereocenters. The molecule has 0 spiro atoms. The van der Waals surface area contributed by atoms with Crippen molar-refractivity contribution < 1.29 is 14.6 Å². The van der Waals surface area contributed by atoms with Gasteiger partial charge in [0.15, 0.2) is 5.82 Å². The van der Waals surface area contributed by atoms with Gasteiger partial charge in [0.05, 0.1) is 18.1 Å². The quantitative estimate of drug-likeness (QED) is 0.547. The Morgan fingerprint density at radius 2 is 2.00 bits per heavy atom. The van der Waals surface area contributed by atoms with Crippen LogP contribution in [0.15, 0.2) is 36.4 Å². The van der Waals surface area contributed by atoms with Crippen molar-refractivity contribution in [3.05, 3.63) is 53.1 Å². The van der Waals surface area contributed by atoms with Gasteiger partial charge in [-0.2, -0.15) is 9.64 Å². The zero-order valence-electron chi connectivity index (χ0n) is 17.3. The standard InChI is InChI=1S/C23H23N3O3S/c1-13(2)29-20-8-6-17(11-18(20)12-24)23-25-22(26-30-23)19-7-5-16(9-15(19)4)14(3)10-21(27)28/h5-9,11,13-14H,10H2,1-4H3,(H,27,28)/t14-/m1/s1. The lowest BCUT2D eigenvalue weighted by atomic mass is 9.94. The highest BCUT2D eigenvalue weighted by atomic mass is 32.1. The van der Waals surface area contributed by atoms with Crippen LogP contribution in [0.3, 0.4) is 0 Å². The molecule has 0 radical (unpaired) electrons. The molecular formula is C23H23N3O3S. The number of nitrogens with zero attached hydrogens (tertiary/aromatic N) is 3. The number of carboxylic acid groups (broad SMARTS) is 1. The Hall–Kier alpha value is -3.24. The second kappa shape index (κ2) is 9.06. The van der Waals surface area contributed by atoms with Gasteiger partial charge in [-0.1, -0.05) is 25.1 Å². The van der Waals surface area contributed by atoms with Crippen molar-refractivity contribution in [3.8, 4) is 33.8 Å². The fourth-order valence-corrected chi connectivity index (χ4v) is 3.85. The highest BCUT2D eigenvalue weighted by molar-refractivity contribution is 7.09. The molecule has 1 heterocycles. The molecule has 7 heteroatoms. The molecule has 3 aromatic rings. The van der Waals surface area contributed by atoms with Gasteiger partial charge in [0.2, 0.25) is 0 Å². The highest BCUT2D eigenvalue weighted by Crippen LogP contribution is 2.32. The first kappa shape index (κ1) is 21.5. The average molecular weight is 422 g/mol. The summed E-state index contributed by atoms with van der Waals surface area (Å²) in [4.78, 5) is 15.6. The maximum Gasteiger partial charge on any atom is 0.303 e. The molecule has 6 nitrogen and oxygen atoms in total. The summed E-state index contributed by atoms with van der Waals surface area (Å²) in [5.41, 5.74) is 4.16. The Balaban J connectivity index is 1.88. The monoisotopic (exact) mass is 421 g/mol. The number of aliphatic carboxylic acids is 1. The van der Waals surface area contributed by atoms with Gasteiger partial charge < -0.3 is 9.84 Å². The summed E-state index contributed by atoms with van der Waals surface area (Å²) in [7, 11) is 0. The first-order valence-corrected chi connectivity index (χ1v) is 10.4. The zero-order chi connectivity index (χ0) is 21.8. The second-order valence-electron chi connectivity index (χ2n) is 7.49. The van der Waals surface area contributed by atoms with Crippen molar-refractivity contribution in [2.45, 2.75) is 46.1 Å². The minimum absolute atomic E-state index is 0.0137. The van der Waals surface area contributed by atoms with Crippen molar-refractivity contribution >= 4 is 17.5 Å². The van der Waals surface area contributed by atoms with Crippen LogP contribution in [0.25, 0.3) is 22.0 Å². The lowest BCUT2D eigenvalue weighted by Gasteiger charge is -2.12. The van der Waals surface area contributed by atoms with E-state index in [0.29, 0.717) is 17.1 Å². The number of aromatic nitrogens is 2. The van der Waals surface area contributed by atoms with E-state index < -0.39 is 5.97 Å². The topological polar surface area (TPSA) is 96.1 Å². The molecule has 0 unspecified atom stereocenters. The summed E-state index contributed by atoms with van der Waals surface area (Å²) in [6, 6.07) is 13.5. The summed E-state index contributed by atoms with van der Waals surface area (Å²) < 4.78 is 10.2. The van der Waals surface area contributed by atoms with Gasteiger partial charge in [-0.3, -0.25) is 4.79 Å². The van der Waals surface area contributed by atoms with E-state index >= 15 is 0 Å². The smallest absolute Gasteiger partial charge is 0.303 e. The first-order valence-electron chi connectivity index (χ1n) is 9.66. The van der Waals surface area contributed by atoms with Crippen molar-refractivity contribution in [2.75, 3.05) is 0 Å². The van der Waals surface area contributed by atoms with Crippen molar-refractivity contribution in [3.63, 3.8) is 0 Å². The van der Waals surface area contributed by atoms with Gasteiger partial charge in [0, 0.05) is 11.1 Å². The molecule has 0 aliphatic carbocycles. The van der Waals surface area contributed by atoms with Crippen LogP contribution >= 0.6 is 11.5 Å². The number of hydrogen-bond acceptors (Lipinski definition) is 6. The summed E-state index contributed by atoms with van der Waals surface area (Å²) in [5.74, 6) is 0.302. The predicted octanol–water partition coefficient (Wildman–Crippen LogP) is 5.42. The van der Waals surface area contributed by atoms with Crippen LogP contribution in [0.5, 0.6) is 5.75 Å². The summed E-state index contributed by atoms with van der Waals surface area (Å²) >= 11 is 1.27. The maximum atomic E-state index is 11.0. The highest BCUT2D eigenvalue weighted by Gasteiger charge is 2.16. The first-order chi connectivity index (χ1) is 14.3. The number of ether oxygens (including phenoxy) is 1. The van der Waals surface area contributed by atoms with Gasteiger partial charge in [-0.05, 0) is 67.5 Å². The Morgan fingerprint density at radius 1 is 1.23 bits per heavy atom. The molecule has 0 saturated carbocycles. The van der Waals surface area contributed by atoms with Gasteiger partial charge in [-0.15, -0.1) is 0 Å². The largest absolute Gasteiger partial charge is 0.490 e. The van der Waals surface area contributed by atoms with Gasteiger partial charge >= 0.3 is 5.97 Å². The number of hydrogen-bond donors (Lipinski definition) is 1. The van der Waals surface area contributed by atoms with Crippen LogP contribution in [0.2, 0.25) is 0 Å². The lowest BCUT2D eigenvalue weighted by Crippen LogP contribution is -2.06. The van der Waals surface area contributed by atoms with Crippen molar-refractivity contribution in [1.29, 1.82) is 5.26 Å². The minimum atomic E-state index is -0.809. The van der Waals surface area contributed by atoms with E-state index in [1.54, 1.807) is 12.1 Å². The Morgan fingerprint density at radius 3 is 2.63 bits per heavy atom. The number of carboxylic acids is 1. The maximum absolute atomic E-state index is 11.0.